The lowest BCUT2D eigenvalue weighted by atomic mass is 10.3. The van der Waals surface area contributed by atoms with E-state index in [4.69, 9.17) is 16.3 Å². The zero-order chi connectivity index (χ0) is 16.5. The van der Waals surface area contributed by atoms with Gasteiger partial charge >= 0.3 is 0 Å². The second-order valence-electron chi connectivity index (χ2n) is 5.46. The molecule has 0 amide bonds. The third-order valence-electron chi connectivity index (χ3n) is 3.93. The van der Waals surface area contributed by atoms with E-state index in [1.54, 1.807) is 6.33 Å². The van der Waals surface area contributed by atoms with E-state index in [0.717, 1.165) is 30.8 Å². The van der Waals surface area contributed by atoms with E-state index in [1.165, 1.54) is 11.8 Å². The second-order valence-corrected chi connectivity index (χ2v) is 6.64. The van der Waals surface area contributed by atoms with Gasteiger partial charge in [-0.1, -0.05) is 35.5 Å². The predicted octanol–water partition coefficient (Wildman–Crippen LogP) is 4.25. The molecule has 2 aromatic heterocycles. The van der Waals surface area contributed by atoms with Crippen LogP contribution in [0.5, 0.6) is 0 Å². The van der Waals surface area contributed by atoms with Gasteiger partial charge in [0, 0.05) is 6.61 Å². The summed E-state index contributed by atoms with van der Waals surface area (Å²) >= 11 is 7.74. The van der Waals surface area contributed by atoms with Crippen molar-refractivity contribution in [2.24, 2.45) is 0 Å². The third-order valence-corrected chi connectivity index (χ3v) is 4.80. The number of nitrogens with one attached hydrogen (secondary N) is 1. The molecule has 124 valence electrons. The van der Waals surface area contributed by atoms with E-state index < -0.39 is 0 Å². The highest BCUT2D eigenvalue weighted by molar-refractivity contribution is 7.98. The number of halogens is 1. The van der Waals surface area contributed by atoms with Crippen molar-refractivity contribution in [3.05, 3.63) is 35.6 Å². The van der Waals surface area contributed by atoms with Crippen LogP contribution >= 0.6 is 23.4 Å². The van der Waals surface area contributed by atoms with Crippen LogP contribution in [0.1, 0.15) is 19.1 Å². The van der Waals surface area contributed by atoms with Crippen LogP contribution in [-0.2, 0) is 4.74 Å². The Morgan fingerprint density at radius 3 is 2.96 bits per heavy atom. The van der Waals surface area contributed by atoms with Gasteiger partial charge < -0.3 is 10.1 Å². The van der Waals surface area contributed by atoms with Gasteiger partial charge in [-0.15, -0.1) is 0 Å². The number of hydrogen-bond donors (Lipinski definition) is 1. The van der Waals surface area contributed by atoms with Crippen LogP contribution in [-0.4, -0.2) is 32.4 Å². The van der Waals surface area contributed by atoms with Gasteiger partial charge in [0.15, 0.2) is 22.1 Å². The molecule has 6 nitrogen and oxygen atoms in total. The van der Waals surface area contributed by atoms with Crippen LogP contribution in [0.4, 0.5) is 11.5 Å². The molecule has 1 atom stereocenters. The largest absolute Gasteiger partial charge is 0.358 e. The lowest BCUT2D eigenvalue weighted by Gasteiger charge is -2.13. The summed E-state index contributed by atoms with van der Waals surface area (Å²) in [6.45, 7) is 0.773. The molecular weight excluding hydrogens is 346 g/mol. The molecule has 1 aliphatic rings. The van der Waals surface area contributed by atoms with Gasteiger partial charge in [0.25, 0.3) is 0 Å². The molecule has 1 unspecified atom stereocenters. The number of hydrogen-bond acceptors (Lipinski definition) is 6. The van der Waals surface area contributed by atoms with Crippen LogP contribution in [0, 0.1) is 0 Å². The molecule has 1 saturated heterocycles. The van der Waals surface area contributed by atoms with Crippen LogP contribution in [0.2, 0.25) is 5.02 Å². The minimum absolute atomic E-state index is 0.00670. The summed E-state index contributed by atoms with van der Waals surface area (Å²) in [6.07, 6.45) is 5.74. The molecule has 1 N–H and O–H groups in total. The number of aromatic nitrogens is 4. The van der Waals surface area contributed by atoms with Crippen molar-refractivity contribution in [1.29, 1.82) is 0 Å². The molecule has 0 radical (unpaired) electrons. The first kappa shape index (κ1) is 15.7. The topological polar surface area (TPSA) is 64.9 Å². The number of benzene rings is 1. The van der Waals surface area contributed by atoms with Gasteiger partial charge in [-0.25, -0.2) is 15.0 Å². The Morgan fingerprint density at radius 2 is 2.21 bits per heavy atom. The van der Waals surface area contributed by atoms with Crippen molar-refractivity contribution in [3.63, 3.8) is 0 Å². The highest BCUT2D eigenvalue weighted by Gasteiger charge is 2.22. The smallest absolute Gasteiger partial charge is 0.191 e. The summed E-state index contributed by atoms with van der Waals surface area (Å²) < 4.78 is 7.76. The zero-order valence-electron chi connectivity index (χ0n) is 13.1. The Bertz CT molecular complexity index is 878. The first-order chi connectivity index (χ1) is 11.8. The number of nitrogens with zero attached hydrogens (tertiary/aromatic N) is 4. The summed E-state index contributed by atoms with van der Waals surface area (Å²) in [7, 11) is 0. The third kappa shape index (κ3) is 2.83. The summed E-state index contributed by atoms with van der Waals surface area (Å²) in [6, 6.07) is 7.56. The van der Waals surface area contributed by atoms with Crippen molar-refractivity contribution < 1.29 is 4.74 Å². The maximum Gasteiger partial charge on any atom is 0.191 e. The van der Waals surface area contributed by atoms with Gasteiger partial charge in [-0.05, 0) is 31.2 Å². The number of imidazole rings is 1. The quantitative estimate of drug-likeness (QED) is 0.553. The first-order valence-corrected chi connectivity index (χ1v) is 9.28. The maximum atomic E-state index is 6.25. The molecule has 0 saturated carbocycles. The fourth-order valence-corrected chi connectivity index (χ4v) is 3.30. The second kappa shape index (κ2) is 6.58. The Labute approximate surface area is 148 Å². The van der Waals surface area contributed by atoms with Crippen LogP contribution in [0.25, 0.3) is 11.2 Å². The number of thioether (sulfide) groups is 1. The van der Waals surface area contributed by atoms with Crippen molar-refractivity contribution in [2.45, 2.75) is 24.2 Å². The SMILES string of the molecule is CSc1nc(Nc2ccccc2Cl)c2ncn(C3CCCO3)c2n1. The lowest BCUT2D eigenvalue weighted by Crippen LogP contribution is -2.07. The van der Waals surface area contributed by atoms with E-state index in [1.807, 2.05) is 35.1 Å². The van der Waals surface area contributed by atoms with E-state index in [9.17, 15) is 0 Å². The van der Waals surface area contributed by atoms with Gasteiger partial charge in [0.2, 0.25) is 0 Å². The normalized spacial score (nSPS) is 17.5. The predicted molar refractivity (Wildman–Crippen MR) is 96.1 cm³/mol. The number of anilines is 2. The Hall–Kier alpha value is -1.83. The Balaban J connectivity index is 1.81. The summed E-state index contributed by atoms with van der Waals surface area (Å²) in [5.74, 6) is 0.647. The number of para-hydroxylation sites is 1. The molecule has 4 rings (SSSR count). The average Bonchev–Trinajstić information content (AvgIpc) is 3.25. The fraction of sp³-hybridized carbons (Fsp3) is 0.312. The molecule has 0 bridgehead atoms. The van der Waals surface area contributed by atoms with Gasteiger partial charge in [0.05, 0.1) is 17.0 Å². The molecule has 1 aromatic carbocycles. The number of rotatable bonds is 4. The van der Waals surface area contributed by atoms with Gasteiger partial charge in [-0.3, -0.25) is 4.57 Å². The van der Waals surface area contributed by atoms with E-state index in [0.29, 0.717) is 21.5 Å². The maximum absolute atomic E-state index is 6.25. The van der Waals surface area contributed by atoms with Crippen molar-refractivity contribution in [1.82, 2.24) is 19.5 Å². The molecule has 1 fully saturated rings. The Morgan fingerprint density at radius 1 is 1.33 bits per heavy atom. The number of ether oxygens (including phenoxy) is 1. The van der Waals surface area contributed by atoms with E-state index in [2.05, 4.69) is 20.3 Å². The minimum Gasteiger partial charge on any atom is -0.358 e. The lowest BCUT2D eigenvalue weighted by molar-refractivity contribution is 0.0592. The zero-order valence-corrected chi connectivity index (χ0v) is 14.6. The highest BCUT2D eigenvalue weighted by atomic mass is 35.5. The highest BCUT2D eigenvalue weighted by Crippen LogP contribution is 2.32. The Kier molecular flexibility index (Phi) is 4.30. The molecule has 8 heteroatoms. The molecule has 24 heavy (non-hydrogen) atoms. The monoisotopic (exact) mass is 361 g/mol. The molecule has 3 heterocycles. The number of fused-ring (bicyclic) bond motifs is 1. The van der Waals surface area contributed by atoms with Gasteiger partial charge in [0.1, 0.15) is 6.23 Å². The first-order valence-electron chi connectivity index (χ1n) is 7.68. The fourth-order valence-electron chi connectivity index (χ4n) is 2.76. The molecule has 3 aromatic rings. The van der Waals surface area contributed by atoms with E-state index in [-0.39, 0.29) is 6.23 Å². The van der Waals surface area contributed by atoms with Crippen molar-refractivity contribution in [2.75, 3.05) is 18.2 Å². The van der Waals surface area contributed by atoms with E-state index >= 15 is 0 Å². The molecular formula is C16H16ClN5OS. The molecule has 0 spiro atoms. The van der Waals surface area contributed by atoms with Crippen LogP contribution in [0.3, 0.4) is 0 Å². The molecule has 1 aliphatic heterocycles. The molecule has 0 aliphatic carbocycles. The minimum atomic E-state index is -0.00670. The van der Waals surface area contributed by atoms with Crippen molar-refractivity contribution >= 4 is 46.0 Å². The summed E-state index contributed by atoms with van der Waals surface area (Å²) in [5.41, 5.74) is 2.27. The standard InChI is InChI=1S/C16H16ClN5OS/c1-24-16-20-14(19-11-6-3-2-5-10(11)17)13-15(21-16)22(9-18-13)12-7-4-8-23-12/h2-3,5-6,9,12H,4,7-8H2,1H3,(H,19,20,21). The van der Waals surface area contributed by atoms with Crippen LogP contribution in [0.15, 0.2) is 35.7 Å². The summed E-state index contributed by atoms with van der Waals surface area (Å²) in [4.78, 5) is 13.7. The summed E-state index contributed by atoms with van der Waals surface area (Å²) in [5, 5.41) is 4.59. The van der Waals surface area contributed by atoms with Gasteiger partial charge in [-0.2, -0.15) is 0 Å². The average molecular weight is 362 g/mol. The van der Waals surface area contributed by atoms with Crippen LogP contribution < -0.4 is 5.32 Å². The van der Waals surface area contributed by atoms with Crippen molar-refractivity contribution in [3.8, 4) is 0 Å².